The molecule has 3 aromatic rings. The first-order valence-corrected chi connectivity index (χ1v) is 9.62. The summed E-state index contributed by atoms with van der Waals surface area (Å²) in [6.45, 7) is 1.54. The lowest BCUT2D eigenvalue weighted by Crippen LogP contribution is -2.17. The Morgan fingerprint density at radius 1 is 0.839 bits per heavy atom. The van der Waals surface area contributed by atoms with Gasteiger partial charge in [-0.15, -0.1) is 0 Å². The van der Waals surface area contributed by atoms with Crippen LogP contribution in [0.1, 0.15) is 22.8 Å². The van der Waals surface area contributed by atoms with Crippen LogP contribution in [0.2, 0.25) is 0 Å². The van der Waals surface area contributed by atoms with Crippen molar-refractivity contribution in [3.8, 4) is 5.75 Å². The summed E-state index contributed by atoms with van der Waals surface area (Å²) < 4.78 is 5.08. The van der Waals surface area contributed by atoms with Crippen LogP contribution in [-0.4, -0.2) is 31.2 Å². The van der Waals surface area contributed by atoms with Gasteiger partial charge in [-0.1, -0.05) is 35.5 Å². The highest BCUT2D eigenvalue weighted by Crippen LogP contribution is 2.15. The number of carbonyl (C=O) groups excluding carboxylic acids is 2. The van der Waals surface area contributed by atoms with E-state index in [0.29, 0.717) is 28.4 Å². The largest absolute Gasteiger partial charge is 0.497 e. The molecule has 0 unspecified atom stereocenters. The molecule has 31 heavy (non-hydrogen) atoms. The Morgan fingerprint density at radius 3 is 2.26 bits per heavy atom. The molecule has 0 aromatic heterocycles. The summed E-state index contributed by atoms with van der Waals surface area (Å²) in [5.41, 5.74) is 3.19. The van der Waals surface area contributed by atoms with Crippen molar-refractivity contribution in [3.05, 3.63) is 90.0 Å². The van der Waals surface area contributed by atoms with Crippen LogP contribution < -0.4 is 15.4 Å². The van der Waals surface area contributed by atoms with Crippen molar-refractivity contribution in [2.75, 3.05) is 24.4 Å². The van der Waals surface area contributed by atoms with Crippen molar-refractivity contribution in [1.29, 1.82) is 0 Å². The highest BCUT2D eigenvalue weighted by atomic mass is 16.6. The third-order valence-electron chi connectivity index (χ3n) is 4.35. The van der Waals surface area contributed by atoms with Gasteiger partial charge in [-0.25, -0.2) is 0 Å². The normalized spacial score (nSPS) is 10.8. The van der Waals surface area contributed by atoms with Gasteiger partial charge < -0.3 is 20.2 Å². The smallest absolute Gasteiger partial charge is 0.265 e. The molecule has 158 valence electrons. The second-order valence-corrected chi connectivity index (χ2v) is 6.63. The molecule has 0 aliphatic heterocycles. The average Bonchev–Trinajstić information content (AvgIpc) is 2.80. The van der Waals surface area contributed by atoms with Crippen LogP contribution in [0.5, 0.6) is 5.75 Å². The molecule has 7 heteroatoms. The maximum Gasteiger partial charge on any atom is 0.265 e. The molecule has 0 bridgehead atoms. The number of nitrogens with one attached hydrogen (secondary N) is 2. The number of rotatable bonds is 8. The van der Waals surface area contributed by atoms with Gasteiger partial charge in [0.25, 0.3) is 11.8 Å². The highest BCUT2D eigenvalue weighted by molar-refractivity contribution is 6.05. The fourth-order valence-corrected chi connectivity index (χ4v) is 2.73. The summed E-state index contributed by atoms with van der Waals surface area (Å²) in [6, 6.07) is 23.2. The van der Waals surface area contributed by atoms with Gasteiger partial charge >= 0.3 is 0 Å². The van der Waals surface area contributed by atoms with Gasteiger partial charge in [-0.3, -0.25) is 9.59 Å². The van der Waals surface area contributed by atoms with E-state index in [2.05, 4.69) is 15.8 Å². The summed E-state index contributed by atoms with van der Waals surface area (Å²) in [5.74, 6) is 0.182. The molecular formula is C24H23N3O4. The van der Waals surface area contributed by atoms with Crippen LogP contribution in [0.3, 0.4) is 0 Å². The van der Waals surface area contributed by atoms with Crippen LogP contribution in [0.15, 0.2) is 84.0 Å². The number of oxime groups is 1. The second-order valence-electron chi connectivity index (χ2n) is 6.63. The molecule has 0 fully saturated rings. The number of anilines is 2. The zero-order valence-electron chi connectivity index (χ0n) is 17.3. The van der Waals surface area contributed by atoms with E-state index in [-0.39, 0.29) is 18.4 Å². The van der Waals surface area contributed by atoms with E-state index in [1.807, 2.05) is 30.3 Å². The van der Waals surface area contributed by atoms with Gasteiger partial charge in [-0.05, 0) is 55.5 Å². The molecule has 0 atom stereocenters. The minimum absolute atomic E-state index is 0.196. The fourth-order valence-electron chi connectivity index (χ4n) is 2.73. The zero-order valence-corrected chi connectivity index (χ0v) is 17.3. The molecule has 0 aliphatic carbocycles. The molecule has 0 aliphatic rings. The van der Waals surface area contributed by atoms with Crippen LogP contribution in [0.4, 0.5) is 11.4 Å². The van der Waals surface area contributed by atoms with E-state index in [9.17, 15) is 9.59 Å². The Kier molecular flexibility index (Phi) is 7.37. The average molecular weight is 417 g/mol. The summed E-state index contributed by atoms with van der Waals surface area (Å²) in [6.07, 6.45) is 0. The van der Waals surface area contributed by atoms with E-state index in [1.54, 1.807) is 62.6 Å². The standard InChI is InChI=1S/C24H23N3O4/c1-17(27-31-16-23(28)25-20-11-13-22(30-2)14-12-20)19-9-6-10-21(15-19)26-24(29)18-7-4-3-5-8-18/h3-15H,16H2,1-2H3,(H,25,28)(H,26,29). The lowest BCUT2D eigenvalue weighted by Gasteiger charge is -2.08. The molecule has 3 aromatic carbocycles. The summed E-state index contributed by atoms with van der Waals surface area (Å²) in [7, 11) is 1.58. The van der Waals surface area contributed by atoms with Gasteiger partial charge in [0.2, 0.25) is 0 Å². The zero-order chi connectivity index (χ0) is 22.1. The number of benzene rings is 3. The Bertz CT molecular complexity index is 1060. The van der Waals surface area contributed by atoms with Crippen molar-refractivity contribution in [3.63, 3.8) is 0 Å². The van der Waals surface area contributed by atoms with E-state index >= 15 is 0 Å². The molecule has 0 heterocycles. The Balaban J connectivity index is 1.54. The van der Waals surface area contributed by atoms with Crippen molar-refractivity contribution < 1.29 is 19.2 Å². The topological polar surface area (TPSA) is 89.0 Å². The second kappa shape index (κ2) is 10.6. The number of nitrogens with zero attached hydrogens (tertiary/aromatic N) is 1. The monoisotopic (exact) mass is 417 g/mol. The number of hydrogen-bond acceptors (Lipinski definition) is 5. The van der Waals surface area contributed by atoms with Crippen LogP contribution in [0, 0.1) is 0 Å². The molecule has 3 rings (SSSR count). The molecule has 2 N–H and O–H groups in total. The maximum absolute atomic E-state index is 12.3. The highest BCUT2D eigenvalue weighted by Gasteiger charge is 2.07. The third-order valence-corrected chi connectivity index (χ3v) is 4.35. The third kappa shape index (κ3) is 6.43. The van der Waals surface area contributed by atoms with Gasteiger partial charge in [0, 0.05) is 22.5 Å². The first kappa shape index (κ1) is 21.6. The fraction of sp³-hybridized carbons (Fsp3) is 0.125. The van der Waals surface area contributed by atoms with E-state index in [4.69, 9.17) is 9.57 Å². The van der Waals surface area contributed by atoms with Crippen LogP contribution in [0.25, 0.3) is 0 Å². The number of carbonyl (C=O) groups is 2. The van der Waals surface area contributed by atoms with Crippen molar-refractivity contribution >= 4 is 28.9 Å². The first-order valence-electron chi connectivity index (χ1n) is 9.62. The number of methoxy groups -OCH3 is 1. The van der Waals surface area contributed by atoms with Crippen molar-refractivity contribution in [2.24, 2.45) is 5.16 Å². The van der Waals surface area contributed by atoms with Gasteiger partial charge in [0.05, 0.1) is 12.8 Å². The number of amides is 2. The van der Waals surface area contributed by atoms with Gasteiger partial charge in [0.15, 0.2) is 6.61 Å². The summed E-state index contributed by atoms with van der Waals surface area (Å²) in [4.78, 5) is 29.5. The SMILES string of the molecule is COc1ccc(NC(=O)CON=C(C)c2cccc(NC(=O)c3ccccc3)c2)cc1. The molecule has 0 saturated heterocycles. The van der Waals surface area contributed by atoms with Crippen molar-refractivity contribution in [2.45, 2.75) is 6.92 Å². The van der Waals surface area contributed by atoms with E-state index < -0.39 is 0 Å². The molecule has 0 radical (unpaired) electrons. The minimum Gasteiger partial charge on any atom is -0.497 e. The van der Waals surface area contributed by atoms with Gasteiger partial charge in [0.1, 0.15) is 5.75 Å². The number of hydrogen-bond donors (Lipinski definition) is 2. The first-order chi connectivity index (χ1) is 15.0. The lowest BCUT2D eigenvalue weighted by molar-refractivity contribution is -0.120. The molecule has 7 nitrogen and oxygen atoms in total. The van der Waals surface area contributed by atoms with Crippen molar-refractivity contribution in [1.82, 2.24) is 0 Å². The Hall–Kier alpha value is -4.13. The van der Waals surface area contributed by atoms with Crippen LogP contribution >= 0.6 is 0 Å². The molecule has 0 spiro atoms. The lowest BCUT2D eigenvalue weighted by atomic mass is 10.1. The maximum atomic E-state index is 12.3. The summed E-state index contributed by atoms with van der Waals surface area (Å²) in [5, 5.41) is 9.58. The predicted octanol–water partition coefficient (Wildman–Crippen LogP) is 4.33. The van der Waals surface area contributed by atoms with Gasteiger partial charge in [-0.2, -0.15) is 0 Å². The summed E-state index contributed by atoms with van der Waals surface area (Å²) >= 11 is 0. The number of ether oxygens (including phenoxy) is 1. The van der Waals surface area contributed by atoms with Crippen LogP contribution in [-0.2, 0) is 9.63 Å². The Morgan fingerprint density at radius 2 is 1.55 bits per heavy atom. The molecule has 2 amide bonds. The van der Waals surface area contributed by atoms with E-state index in [1.165, 1.54) is 0 Å². The van der Waals surface area contributed by atoms with E-state index in [0.717, 1.165) is 5.56 Å². The molecular weight excluding hydrogens is 394 g/mol. The Labute approximate surface area is 180 Å². The molecule has 0 saturated carbocycles. The predicted molar refractivity (Wildman–Crippen MR) is 121 cm³/mol. The quantitative estimate of drug-likeness (QED) is 0.422. The minimum atomic E-state index is -0.328.